The standard InChI is InChI=1S/C37H49F2N5.C9H12N2.C5H11N.C5H10/c1-25(2)44(20-19-34(28(5)41-9)42-27(4)16-15-26(3)40)36(37(6,7)8)35-21-30(32-22-31(38)17-18-33(32)39)24-43(35)23-29-13-11-10-12-14-29;1-8(10-2)7-9-3-5-11-6-4-9;1-4(2)5(3)6;1-4-5(2)3/h10-14,17-18,21-22,24,34,36,41-42H,1,3-5,15-16,19-20,23,40H2,2,6-9H3;3-6,10H,1,7H2,2H3;4H,3,6H2,1-2H3;4-5H,1H2,2-3H3. The maximum absolute atomic E-state index is 15.0. The highest BCUT2D eigenvalue weighted by atomic mass is 19.1. The van der Waals surface area contributed by atoms with Crippen LogP contribution in [0.2, 0.25) is 0 Å². The molecule has 0 fully saturated rings. The van der Waals surface area contributed by atoms with Gasteiger partial charge in [0.25, 0.3) is 0 Å². The van der Waals surface area contributed by atoms with Crippen molar-refractivity contribution in [2.45, 2.75) is 99.7 Å². The van der Waals surface area contributed by atoms with E-state index < -0.39 is 11.6 Å². The maximum Gasteiger partial charge on any atom is 0.131 e. The lowest BCUT2D eigenvalue weighted by Crippen LogP contribution is -2.41. The van der Waals surface area contributed by atoms with E-state index >= 15 is 4.39 Å². The van der Waals surface area contributed by atoms with Gasteiger partial charge in [0, 0.05) is 103 Å². The third-order valence-corrected chi connectivity index (χ3v) is 10.5. The molecular weight excluding hydrogens is 823 g/mol. The van der Waals surface area contributed by atoms with Crippen molar-refractivity contribution < 1.29 is 8.78 Å². The van der Waals surface area contributed by atoms with Crippen molar-refractivity contribution in [1.82, 2.24) is 30.4 Å². The van der Waals surface area contributed by atoms with Crippen LogP contribution in [-0.2, 0) is 13.0 Å². The number of benzene rings is 2. The molecular formula is C56H82F2N8. The van der Waals surface area contributed by atoms with E-state index in [0.29, 0.717) is 55.4 Å². The van der Waals surface area contributed by atoms with Gasteiger partial charge in [0.15, 0.2) is 0 Å². The minimum atomic E-state index is -0.477. The molecule has 2 unspecified atom stereocenters. The molecule has 2 aromatic heterocycles. The smallest absolute Gasteiger partial charge is 0.131 e. The fourth-order valence-corrected chi connectivity index (χ4v) is 6.39. The number of nitrogens with one attached hydrogen (secondary N) is 3. The molecule has 2 atom stereocenters. The molecule has 0 spiro atoms. The monoisotopic (exact) mass is 905 g/mol. The molecule has 2 heterocycles. The van der Waals surface area contributed by atoms with Crippen molar-refractivity contribution in [3.63, 3.8) is 0 Å². The molecule has 8 nitrogen and oxygen atoms in total. The van der Waals surface area contributed by atoms with E-state index in [1.54, 1.807) is 12.4 Å². The van der Waals surface area contributed by atoms with E-state index in [2.05, 4.69) is 123 Å². The Morgan fingerprint density at radius 3 is 1.91 bits per heavy atom. The first-order chi connectivity index (χ1) is 30.9. The highest BCUT2D eigenvalue weighted by Crippen LogP contribution is 2.42. The van der Waals surface area contributed by atoms with Crippen LogP contribution in [0.3, 0.4) is 0 Å². The van der Waals surface area contributed by atoms with Crippen LogP contribution in [0.4, 0.5) is 8.78 Å². The van der Waals surface area contributed by atoms with Gasteiger partial charge >= 0.3 is 0 Å². The van der Waals surface area contributed by atoms with Crippen molar-refractivity contribution >= 4 is 0 Å². The molecule has 0 aliphatic carbocycles. The molecule has 0 radical (unpaired) electrons. The molecule has 66 heavy (non-hydrogen) atoms. The highest BCUT2D eigenvalue weighted by Gasteiger charge is 2.35. The Kier molecular flexibility index (Phi) is 25.6. The molecule has 0 amide bonds. The summed E-state index contributed by atoms with van der Waals surface area (Å²) >= 11 is 0. The van der Waals surface area contributed by atoms with Gasteiger partial charge in [0.1, 0.15) is 11.6 Å². The van der Waals surface area contributed by atoms with Crippen molar-refractivity contribution in [1.29, 1.82) is 0 Å². The Balaban J connectivity index is 0.000000805. The molecule has 2 aromatic carbocycles. The Morgan fingerprint density at radius 1 is 0.833 bits per heavy atom. The first kappa shape index (κ1) is 57.7. The Hall–Kier alpha value is -6.29. The van der Waals surface area contributed by atoms with Gasteiger partial charge in [-0.05, 0) is 91.0 Å². The van der Waals surface area contributed by atoms with Crippen LogP contribution in [0.1, 0.15) is 97.5 Å². The van der Waals surface area contributed by atoms with Crippen molar-refractivity contribution in [3.05, 3.63) is 200 Å². The second-order valence-corrected chi connectivity index (χ2v) is 18.2. The van der Waals surface area contributed by atoms with E-state index in [4.69, 9.17) is 11.5 Å². The molecule has 360 valence electrons. The average Bonchev–Trinajstić information content (AvgIpc) is 3.66. The zero-order valence-electron chi connectivity index (χ0n) is 41.9. The normalized spacial score (nSPS) is 11.5. The number of hydrogen-bond donors (Lipinski definition) is 5. The largest absolute Gasteiger partial charge is 0.403 e. The molecule has 10 heteroatoms. The second-order valence-electron chi connectivity index (χ2n) is 18.2. The fourth-order valence-electron chi connectivity index (χ4n) is 6.39. The zero-order chi connectivity index (χ0) is 50.1. The number of rotatable bonds is 21. The predicted molar refractivity (Wildman–Crippen MR) is 280 cm³/mol. The Morgan fingerprint density at radius 2 is 1.42 bits per heavy atom. The summed E-state index contributed by atoms with van der Waals surface area (Å²) < 4.78 is 31.5. The molecule has 0 aliphatic heterocycles. The third kappa shape index (κ3) is 21.6. The number of aromatic nitrogens is 2. The fraction of sp³-hybridized carbons (Fsp3) is 0.375. The third-order valence-electron chi connectivity index (χ3n) is 10.5. The van der Waals surface area contributed by atoms with Crippen LogP contribution >= 0.6 is 0 Å². The first-order valence-electron chi connectivity index (χ1n) is 22.6. The molecule has 0 aliphatic rings. The summed E-state index contributed by atoms with van der Waals surface area (Å²) in [5, 5.41) is 9.72. The molecule has 4 rings (SSSR count). The van der Waals surface area contributed by atoms with Crippen LogP contribution in [0.5, 0.6) is 0 Å². The van der Waals surface area contributed by atoms with E-state index in [0.717, 1.165) is 52.2 Å². The lowest BCUT2D eigenvalue weighted by Gasteiger charge is -2.43. The van der Waals surface area contributed by atoms with Gasteiger partial charge < -0.3 is 36.9 Å². The van der Waals surface area contributed by atoms with Gasteiger partial charge in [-0.3, -0.25) is 4.98 Å². The minimum Gasteiger partial charge on any atom is -0.403 e. The molecule has 0 bridgehead atoms. The quantitative estimate of drug-likeness (QED) is 0.0530. The number of halogens is 2. The summed E-state index contributed by atoms with van der Waals surface area (Å²) in [4.78, 5) is 6.24. The summed E-state index contributed by atoms with van der Waals surface area (Å²) in [6.45, 7) is 45.6. The SMILES string of the molecule is C=C(Cc1ccncc1)NC.C=C(N)C(C)C.C=C(N)CCC(=C)NC(CCN(C(=C)C)C(c1cc(-c2cc(F)ccc2F)cn1Cc1ccccc1)C(C)(C)C)C(=C)NC.C=CC(C)C. The lowest BCUT2D eigenvalue weighted by molar-refractivity contribution is 0.123. The molecule has 4 aromatic rings. The van der Waals surface area contributed by atoms with E-state index in [1.165, 1.54) is 17.7 Å². The van der Waals surface area contributed by atoms with Crippen LogP contribution in [0, 0.1) is 28.9 Å². The number of nitrogens with zero attached hydrogens (tertiary/aromatic N) is 3. The van der Waals surface area contributed by atoms with Gasteiger partial charge in [-0.15, -0.1) is 6.58 Å². The molecule has 0 saturated heterocycles. The Labute approximate surface area is 398 Å². The predicted octanol–water partition coefficient (Wildman–Crippen LogP) is 12.6. The van der Waals surface area contributed by atoms with Crippen molar-refractivity contribution in [3.8, 4) is 11.1 Å². The maximum atomic E-state index is 15.0. The van der Waals surface area contributed by atoms with Crippen LogP contribution in [0.15, 0.2) is 172 Å². The zero-order valence-corrected chi connectivity index (χ0v) is 41.9. The van der Waals surface area contributed by atoms with Gasteiger partial charge in [-0.25, -0.2) is 8.78 Å². The van der Waals surface area contributed by atoms with E-state index in [9.17, 15) is 4.39 Å². The van der Waals surface area contributed by atoms with E-state index in [1.807, 2.05) is 83.5 Å². The Bertz CT molecular complexity index is 2140. The summed E-state index contributed by atoms with van der Waals surface area (Å²) in [7, 11) is 3.74. The number of hydrogen-bond acceptors (Lipinski definition) is 7. The number of likely N-dealkylation sites (N-methyl/N-ethyl adjacent to an activating group) is 2. The highest BCUT2D eigenvalue weighted by molar-refractivity contribution is 5.65. The topological polar surface area (TPSA) is 109 Å². The lowest BCUT2D eigenvalue weighted by atomic mass is 9.82. The summed E-state index contributed by atoms with van der Waals surface area (Å²) in [5.41, 5.74) is 20.0. The first-order valence-corrected chi connectivity index (χ1v) is 22.6. The van der Waals surface area contributed by atoms with Gasteiger partial charge in [-0.1, -0.05) is 124 Å². The minimum absolute atomic E-state index is 0.0888. The molecule has 7 N–H and O–H groups in total. The summed E-state index contributed by atoms with van der Waals surface area (Å²) in [6.07, 6.45) is 10.4. The number of allylic oxidation sites excluding steroid dienone is 6. The number of pyridine rings is 1. The van der Waals surface area contributed by atoms with Crippen LogP contribution in [-0.4, -0.2) is 41.1 Å². The van der Waals surface area contributed by atoms with Gasteiger partial charge in [0.2, 0.25) is 0 Å². The van der Waals surface area contributed by atoms with Crippen molar-refractivity contribution in [2.75, 3.05) is 20.6 Å². The van der Waals surface area contributed by atoms with Crippen LogP contribution < -0.4 is 27.4 Å². The van der Waals surface area contributed by atoms with Gasteiger partial charge in [0.05, 0.1) is 12.1 Å². The van der Waals surface area contributed by atoms with Crippen molar-refractivity contribution in [2.24, 2.45) is 28.7 Å². The number of nitrogens with two attached hydrogens (primary N) is 2. The van der Waals surface area contributed by atoms with Gasteiger partial charge in [-0.2, -0.15) is 0 Å². The summed E-state index contributed by atoms with van der Waals surface area (Å²) in [5.74, 6) is 0.146. The van der Waals surface area contributed by atoms with Crippen LogP contribution in [0.25, 0.3) is 11.1 Å². The molecule has 0 saturated carbocycles. The van der Waals surface area contributed by atoms with E-state index in [-0.39, 0.29) is 23.1 Å². The second kappa shape index (κ2) is 29.3. The average molecular weight is 905 g/mol. The summed E-state index contributed by atoms with van der Waals surface area (Å²) in [6, 6.07) is 19.5.